The van der Waals surface area contributed by atoms with E-state index in [-0.39, 0.29) is 0 Å². The van der Waals surface area contributed by atoms with Crippen molar-refractivity contribution in [3.8, 4) is 6.07 Å². The van der Waals surface area contributed by atoms with Gasteiger partial charge in [-0.2, -0.15) is 5.26 Å². The minimum absolute atomic E-state index is 0.445. The second kappa shape index (κ2) is 6.23. The van der Waals surface area contributed by atoms with Gasteiger partial charge in [0, 0.05) is 12.2 Å². The Morgan fingerprint density at radius 2 is 2.15 bits per heavy atom. The van der Waals surface area contributed by atoms with E-state index in [0.29, 0.717) is 18.3 Å². The summed E-state index contributed by atoms with van der Waals surface area (Å²) in [6.07, 6.45) is 8.67. The van der Waals surface area contributed by atoms with E-state index in [2.05, 4.69) is 16.4 Å². The molecule has 1 fully saturated rings. The summed E-state index contributed by atoms with van der Waals surface area (Å²) in [4.78, 5) is 4.60. The number of pyridine rings is 1. The summed E-state index contributed by atoms with van der Waals surface area (Å²) in [5.41, 5.74) is 3.06. The number of nitrogens with one attached hydrogen (secondary N) is 1. The molecule has 4 heteroatoms. The number of aryl methyl sites for hydroxylation is 2. The van der Waals surface area contributed by atoms with E-state index < -0.39 is 0 Å². The Hall–Kier alpha value is -1.60. The lowest BCUT2D eigenvalue weighted by molar-refractivity contribution is 0.0658. The average Bonchev–Trinajstić information content (AvgIpc) is 3.13. The van der Waals surface area contributed by atoms with E-state index in [1.807, 2.05) is 6.07 Å². The minimum atomic E-state index is 0.445. The monoisotopic (exact) mass is 271 g/mol. The van der Waals surface area contributed by atoms with Gasteiger partial charge in [0.05, 0.1) is 18.3 Å². The first-order valence-electron chi connectivity index (χ1n) is 7.65. The first-order valence-corrected chi connectivity index (χ1v) is 7.65. The zero-order valence-electron chi connectivity index (χ0n) is 11.8. The largest absolute Gasteiger partial charge is 0.376 e. The topological polar surface area (TPSA) is 57.9 Å². The summed E-state index contributed by atoms with van der Waals surface area (Å²) >= 11 is 0. The third-order valence-electron chi connectivity index (χ3n) is 4.22. The maximum absolute atomic E-state index is 9.22. The molecule has 1 saturated carbocycles. The van der Waals surface area contributed by atoms with Gasteiger partial charge in [-0.05, 0) is 43.7 Å². The number of hydrogen-bond donors (Lipinski definition) is 1. The van der Waals surface area contributed by atoms with Gasteiger partial charge in [0.15, 0.2) is 0 Å². The van der Waals surface area contributed by atoms with E-state index in [0.717, 1.165) is 37.3 Å². The number of hydrogen-bond acceptors (Lipinski definition) is 4. The van der Waals surface area contributed by atoms with Crippen molar-refractivity contribution in [1.82, 2.24) is 4.98 Å². The standard InChI is InChI=1S/C16H21N3O/c17-11-13-10-12-4-3-7-15(12)19-16(13)18-8-9-20-14-5-1-2-6-14/h10,14H,1-9H2,(H,18,19). The highest BCUT2D eigenvalue weighted by molar-refractivity contribution is 5.55. The molecule has 1 aromatic heterocycles. The molecule has 0 aliphatic heterocycles. The summed E-state index contributed by atoms with van der Waals surface area (Å²) in [6.45, 7) is 1.41. The zero-order valence-corrected chi connectivity index (χ0v) is 11.8. The predicted octanol–water partition coefficient (Wildman–Crippen LogP) is 2.81. The Morgan fingerprint density at radius 3 is 2.95 bits per heavy atom. The van der Waals surface area contributed by atoms with Crippen LogP contribution in [-0.2, 0) is 17.6 Å². The zero-order chi connectivity index (χ0) is 13.8. The van der Waals surface area contributed by atoms with Crippen molar-refractivity contribution in [2.24, 2.45) is 0 Å². The lowest BCUT2D eigenvalue weighted by atomic mass is 10.1. The molecular weight excluding hydrogens is 250 g/mol. The molecule has 0 unspecified atom stereocenters. The van der Waals surface area contributed by atoms with Crippen LogP contribution >= 0.6 is 0 Å². The lowest BCUT2D eigenvalue weighted by Crippen LogP contribution is -2.16. The quantitative estimate of drug-likeness (QED) is 0.837. The summed E-state index contributed by atoms with van der Waals surface area (Å²) in [7, 11) is 0. The van der Waals surface area contributed by atoms with Gasteiger partial charge in [-0.1, -0.05) is 12.8 Å². The van der Waals surface area contributed by atoms with E-state index >= 15 is 0 Å². The predicted molar refractivity (Wildman–Crippen MR) is 77.7 cm³/mol. The number of fused-ring (bicyclic) bond motifs is 1. The molecule has 0 radical (unpaired) electrons. The molecule has 20 heavy (non-hydrogen) atoms. The van der Waals surface area contributed by atoms with Gasteiger partial charge in [-0.25, -0.2) is 4.98 Å². The summed E-state index contributed by atoms with van der Waals surface area (Å²) < 4.78 is 5.82. The minimum Gasteiger partial charge on any atom is -0.376 e. The van der Waals surface area contributed by atoms with Crippen molar-refractivity contribution in [3.05, 3.63) is 22.9 Å². The van der Waals surface area contributed by atoms with Crippen molar-refractivity contribution in [1.29, 1.82) is 5.26 Å². The molecule has 3 rings (SSSR count). The van der Waals surface area contributed by atoms with E-state index in [9.17, 15) is 5.26 Å². The van der Waals surface area contributed by atoms with Crippen molar-refractivity contribution in [2.45, 2.75) is 51.0 Å². The Bertz CT molecular complexity index is 515. The van der Waals surface area contributed by atoms with Crippen LogP contribution in [-0.4, -0.2) is 24.2 Å². The van der Waals surface area contributed by atoms with Gasteiger partial charge in [-0.15, -0.1) is 0 Å². The molecule has 2 aliphatic rings. The van der Waals surface area contributed by atoms with Crippen LogP contribution in [0.1, 0.15) is 48.9 Å². The van der Waals surface area contributed by atoms with Crippen LogP contribution in [0, 0.1) is 11.3 Å². The van der Waals surface area contributed by atoms with Crippen molar-refractivity contribution >= 4 is 5.82 Å². The van der Waals surface area contributed by atoms with Crippen LogP contribution in [0.25, 0.3) is 0 Å². The van der Waals surface area contributed by atoms with Gasteiger partial charge in [0.1, 0.15) is 11.9 Å². The molecule has 0 amide bonds. The SMILES string of the molecule is N#Cc1cc2c(nc1NCCOC1CCCC1)CCC2. The van der Waals surface area contributed by atoms with Gasteiger partial charge in [0.25, 0.3) is 0 Å². The maximum atomic E-state index is 9.22. The van der Waals surface area contributed by atoms with E-state index in [1.54, 1.807) is 0 Å². The fourth-order valence-corrected chi connectivity index (χ4v) is 3.14. The molecule has 0 bridgehead atoms. The molecule has 2 aliphatic carbocycles. The molecule has 4 nitrogen and oxygen atoms in total. The third-order valence-corrected chi connectivity index (χ3v) is 4.22. The van der Waals surface area contributed by atoms with E-state index in [1.165, 1.54) is 31.2 Å². The molecule has 106 valence electrons. The first-order chi connectivity index (χ1) is 9.86. The van der Waals surface area contributed by atoms with Crippen LogP contribution in [0.3, 0.4) is 0 Å². The second-order valence-electron chi connectivity index (χ2n) is 5.66. The second-order valence-corrected chi connectivity index (χ2v) is 5.66. The molecule has 0 saturated heterocycles. The number of nitriles is 1. The number of rotatable bonds is 5. The smallest absolute Gasteiger partial charge is 0.144 e. The van der Waals surface area contributed by atoms with Gasteiger partial charge in [0.2, 0.25) is 0 Å². The Morgan fingerprint density at radius 1 is 1.30 bits per heavy atom. The molecule has 0 atom stereocenters. The molecule has 1 N–H and O–H groups in total. The van der Waals surface area contributed by atoms with Crippen LogP contribution in [0.15, 0.2) is 6.07 Å². The van der Waals surface area contributed by atoms with Crippen LogP contribution in [0.5, 0.6) is 0 Å². The molecule has 0 spiro atoms. The first kappa shape index (κ1) is 13.4. The Labute approximate surface area is 120 Å². The summed E-state index contributed by atoms with van der Waals surface area (Å²) in [5.74, 6) is 0.725. The fraction of sp³-hybridized carbons (Fsp3) is 0.625. The Balaban J connectivity index is 1.55. The van der Waals surface area contributed by atoms with E-state index in [4.69, 9.17) is 4.74 Å². The van der Waals surface area contributed by atoms with Crippen LogP contribution in [0.2, 0.25) is 0 Å². The average molecular weight is 271 g/mol. The molecule has 0 aromatic carbocycles. The molecule has 1 aromatic rings. The van der Waals surface area contributed by atoms with Crippen LogP contribution < -0.4 is 5.32 Å². The molecule has 1 heterocycles. The Kier molecular flexibility index (Phi) is 4.17. The number of nitrogens with zero attached hydrogens (tertiary/aromatic N) is 2. The number of ether oxygens (including phenoxy) is 1. The fourth-order valence-electron chi connectivity index (χ4n) is 3.14. The third kappa shape index (κ3) is 2.94. The highest BCUT2D eigenvalue weighted by Gasteiger charge is 2.17. The maximum Gasteiger partial charge on any atom is 0.144 e. The number of aromatic nitrogens is 1. The highest BCUT2D eigenvalue weighted by atomic mass is 16.5. The molecular formula is C16H21N3O. The van der Waals surface area contributed by atoms with Crippen LogP contribution in [0.4, 0.5) is 5.82 Å². The highest BCUT2D eigenvalue weighted by Crippen LogP contribution is 2.25. The van der Waals surface area contributed by atoms with Gasteiger partial charge < -0.3 is 10.1 Å². The lowest BCUT2D eigenvalue weighted by Gasteiger charge is -2.13. The van der Waals surface area contributed by atoms with Crippen molar-refractivity contribution in [3.63, 3.8) is 0 Å². The van der Waals surface area contributed by atoms with Gasteiger partial charge >= 0.3 is 0 Å². The normalized spacial score (nSPS) is 17.9. The van der Waals surface area contributed by atoms with Crippen molar-refractivity contribution in [2.75, 3.05) is 18.5 Å². The van der Waals surface area contributed by atoms with Gasteiger partial charge in [-0.3, -0.25) is 0 Å². The summed E-state index contributed by atoms with van der Waals surface area (Å²) in [5, 5.41) is 12.5. The number of anilines is 1. The summed E-state index contributed by atoms with van der Waals surface area (Å²) in [6, 6.07) is 4.24. The van der Waals surface area contributed by atoms with Crippen molar-refractivity contribution < 1.29 is 4.74 Å².